The molecule has 0 aromatic heterocycles. The van der Waals surface area contributed by atoms with Crippen LogP contribution in [0, 0.1) is 0 Å². The Morgan fingerprint density at radius 2 is 1.72 bits per heavy atom. The largest absolute Gasteiger partial charge is 0.496 e. The van der Waals surface area contributed by atoms with Crippen LogP contribution in [0.4, 0.5) is 5.69 Å². The van der Waals surface area contributed by atoms with E-state index < -0.39 is 5.97 Å². The van der Waals surface area contributed by atoms with Gasteiger partial charge in [-0.2, -0.15) is 0 Å². The first-order valence-electron chi connectivity index (χ1n) is 9.40. The highest BCUT2D eigenvalue weighted by Gasteiger charge is 2.22. The van der Waals surface area contributed by atoms with Crippen molar-refractivity contribution in [2.24, 2.45) is 0 Å². The van der Waals surface area contributed by atoms with Crippen LogP contribution in [0.1, 0.15) is 29.8 Å². The first-order chi connectivity index (χ1) is 14.0. The summed E-state index contributed by atoms with van der Waals surface area (Å²) in [6, 6.07) is 14.2. The van der Waals surface area contributed by atoms with Gasteiger partial charge < -0.3 is 19.7 Å². The maximum atomic E-state index is 12.4. The van der Waals surface area contributed by atoms with E-state index in [0.29, 0.717) is 18.7 Å². The lowest BCUT2D eigenvalue weighted by Crippen LogP contribution is -2.41. The van der Waals surface area contributed by atoms with Gasteiger partial charge in [0.25, 0.3) is 0 Å². The molecule has 7 heteroatoms. The number of nitrogens with one attached hydrogen (secondary N) is 1. The molecule has 0 aliphatic rings. The molecule has 2 rings (SSSR count). The van der Waals surface area contributed by atoms with Crippen molar-refractivity contribution in [1.82, 2.24) is 5.32 Å². The number of carbonyl (C=O) groups is 3. The minimum Gasteiger partial charge on any atom is -0.496 e. The maximum Gasteiger partial charge on any atom is 0.340 e. The lowest BCUT2D eigenvalue weighted by atomic mass is 10.1. The molecular formula is C22H26N2O5. The Kier molecular flexibility index (Phi) is 8.21. The van der Waals surface area contributed by atoms with E-state index in [2.05, 4.69) is 5.32 Å². The van der Waals surface area contributed by atoms with E-state index in [0.717, 1.165) is 11.3 Å². The molecule has 0 aliphatic carbocycles. The fourth-order valence-electron chi connectivity index (χ4n) is 2.90. The highest BCUT2D eigenvalue weighted by molar-refractivity contribution is 6.04. The summed E-state index contributed by atoms with van der Waals surface area (Å²) in [7, 11) is 1.60. The quantitative estimate of drug-likeness (QED) is 0.657. The third-order valence-electron chi connectivity index (χ3n) is 4.28. The number of rotatable bonds is 9. The Bertz CT molecular complexity index is 866. The van der Waals surface area contributed by atoms with Gasteiger partial charge in [-0.25, -0.2) is 4.79 Å². The molecule has 0 unspecified atom stereocenters. The highest BCUT2D eigenvalue weighted by atomic mass is 16.5. The SMILES string of the molecule is CCOC(=O)c1ccccc1N(CC(=O)NCCc1ccccc1OC)C(C)=O. The zero-order valence-corrected chi connectivity index (χ0v) is 16.9. The van der Waals surface area contributed by atoms with Gasteiger partial charge in [0, 0.05) is 13.5 Å². The number of hydrogen-bond donors (Lipinski definition) is 1. The van der Waals surface area contributed by atoms with E-state index in [1.165, 1.54) is 11.8 Å². The van der Waals surface area contributed by atoms with Gasteiger partial charge >= 0.3 is 5.97 Å². The molecule has 0 radical (unpaired) electrons. The Morgan fingerprint density at radius 3 is 2.41 bits per heavy atom. The van der Waals surface area contributed by atoms with Crippen molar-refractivity contribution in [2.75, 3.05) is 31.7 Å². The van der Waals surface area contributed by atoms with E-state index >= 15 is 0 Å². The number of hydrogen-bond acceptors (Lipinski definition) is 5. The summed E-state index contributed by atoms with van der Waals surface area (Å²) in [6.45, 7) is 3.47. The second kappa shape index (κ2) is 10.8. The minimum atomic E-state index is -0.536. The van der Waals surface area contributed by atoms with Crippen molar-refractivity contribution in [2.45, 2.75) is 20.3 Å². The van der Waals surface area contributed by atoms with Crippen molar-refractivity contribution in [3.63, 3.8) is 0 Å². The van der Waals surface area contributed by atoms with Crippen LogP contribution < -0.4 is 15.0 Å². The summed E-state index contributed by atoms with van der Waals surface area (Å²) in [5.74, 6) is -0.447. The highest BCUT2D eigenvalue weighted by Crippen LogP contribution is 2.22. The Hall–Kier alpha value is -3.35. The van der Waals surface area contributed by atoms with Crippen molar-refractivity contribution in [1.29, 1.82) is 0 Å². The second-order valence-electron chi connectivity index (χ2n) is 6.25. The van der Waals surface area contributed by atoms with E-state index in [-0.39, 0.29) is 30.5 Å². The molecule has 2 aromatic carbocycles. The summed E-state index contributed by atoms with van der Waals surface area (Å²) < 4.78 is 10.4. The normalized spacial score (nSPS) is 10.2. The molecule has 29 heavy (non-hydrogen) atoms. The zero-order chi connectivity index (χ0) is 21.2. The molecule has 1 N–H and O–H groups in total. The van der Waals surface area contributed by atoms with Gasteiger partial charge in [-0.1, -0.05) is 30.3 Å². The first-order valence-corrected chi connectivity index (χ1v) is 9.40. The fourth-order valence-corrected chi connectivity index (χ4v) is 2.90. The van der Waals surface area contributed by atoms with Crippen LogP contribution in [-0.4, -0.2) is 44.6 Å². The molecule has 0 spiro atoms. The van der Waals surface area contributed by atoms with Gasteiger partial charge in [-0.15, -0.1) is 0 Å². The molecule has 0 saturated carbocycles. The Balaban J connectivity index is 2.05. The summed E-state index contributed by atoms with van der Waals surface area (Å²) in [6.07, 6.45) is 0.592. The topological polar surface area (TPSA) is 84.9 Å². The number of methoxy groups -OCH3 is 1. The predicted octanol–water partition coefficient (Wildman–Crippen LogP) is 2.58. The number of carbonyl (C=O) groups excluding carboxylic acids is 3. The van der Waals surface area contributed by atoms with Gasteiger partial charge in [0.1, 0.15) is 12.3 Å². The Morgan fingerprint density at radius 1 is 1.03 bits per heavy atom. The molecular weight excluding hydrogens is 372 g/mol. The van der Waals surface area contributed by atoms with Crippen molar-refractivity contribution < 1.29 is 23.9 Å². The number of anilines is 1. The summed E-state index contributed by atoms with van der Waals surface area (Å²) >= 11 is 0. The van der Waals surface area contributed by atoms with Crippen LogP contribution >= 0.6 is 0 Å². The maximum absolute atomic E-state index is 12.4. The lowest BCUT2D eigenvalue weighted by molar-refractivity contribution is -0.123. The van der Waals surface area contributed by atoms with Crippen LogP contribution in [0.5, 0.6) is 5.75 Å². The van der Waals surface area contributed by atoms with Crippen molar-refractivity contribution in [3.05, 3.63) is 59.7 Å². The van der Waals surface area contributed by atoms with E-state index in [4.69, 9.17) is 9.47 Å². The fraction of sp³-hybridized carbons (Fsp3) is 0.318. The molecule has 154 valence electrons. The molecule has 0 bridgehead atoms. The summed E-state index contributed by atoms with van der Waals surface area (Å²) in [5, 5.41) is 2.81. The molecule has 0 heterocycles. The molecule has 0 atom stereocenters. The molecule has 0 saturated heterocycles. The average Bonchev–Trinajstić information content (AvgIpc) is 2.72. The van der Waals surface area contributed by atoms with Crippen LogP contribution in [0.25, 0.3) is 0 Å². The van der Waals surface area contributed by atoms with E-state index in [1.54, 1.807) is 38.3 Å². The van der Waals surface area contributed by atoms with Crippen LogP contribution in [0.15, 0.2) is 48.5 Å². The van der Waals surface area contributed by atoms with Crippen molar-refractivity contribution >= 4 is 23.5 Å². The number of para-hydroxylation sites is 2. The zero-order valence-electron chi connectivity index (χ0n) is 16.9. The van der Waals surface area contributed by atoms with Crippen LogP contribution in [-0.2, 0) is 20.7 Å². The molecule has 0 fully saturated rings. The molecule has 2 amide bonds. The van der Waals surface area contributed by atoms with Gasteiger partial charge in [0.15, 0.2) is 0 Å². The van der Waals surface area contributed by atoms with Crippen LogP contribution in [0.3, 0.4) is 0 Å². The third-order valence-corrected chi connectivity index (χ3v) is 4.28. The number of nitrogens with zero attached hydrogens (tertiary/aromatic N) is 1. The molecule has 7 nitrogen and oxygen atoms in total. The number of ether oxygens (including phenoxy) is 2. The first kappa shape index (κ1) is 21.9. The monoisotopic (exact) mass is 398 g/mol. The van der Waals surface area contributed by atoms with Gasteiger partial charge in [-0.3, -0.25) is 9.59 Å². The minimum absolute atomic E-state index is 0.197. The number of benzene rings is 2. The van der Waals surface area contributed by atoms with Crippen LogP contribution in [0.2, 0.25) is 0 Å². The van der Waals surface area contributed by atoms with Gasteiger partial charge in [-0.05, 0) is 37.1 Å². The number of amides is 2. The van der Waals surface area contributed by atoms with E-state index in [1.807, 2.05) is 24.3 Å². The predicted molar refractivity (Wildman–Crippen MR) is 110 cm³/mol. The lowest BCUT2D eigenvalue weighted by Gasteiger charge is -2.23. The van der Waals surface area contributed by atoms with E-state index in [9.17, 15) is 14.4 Å². The standard InChI is InChI=1S/C22H26N2O5/c1-4-29-22(27)18-10-6-7-11-19(18)24(16(2)25)15-21(26)23-14-13-17-9-5-8-12-20(17)28-3/h5-12H,4,13-15H2,1-3H3,(H,23,26). The smallest absolute Gasteiger partial charge is 0.340 e. The van der Waals surface area contributed by atoms with Crippen molar-refractivity contribution in [3.8, 4) is 5.75 Å². The third kappa shape index (κ3) is 6.07. The molecule has 0 aliphatic heterocycles. The summed E-state index contributed by atoms with van der Waals surface area (Å²) in [4.78, 5) is 38.1. The average molecular weight is 398 g/mol. The number of esters is 1. The van der Waals surface area contributed by atoms with Gasteiger partial charge in [0.05, 0.1) is 25.0 Å². The Labute approximate surface area is 170 Å². The van der Waals surface area contributed by atoms with Gasteiger partial charge in [0.2, 0.25) is 11.8 Å². The summed E-state index contributed by atoms with van der Waals surface area (Å²) in [5.41, 5.74) is 1.57. The molecule has 2 aromatic rings. The second-order valence-corrected chi connectivity index (χ2v) is 6.25.